The molecule has 1 unspecified atom stereocenters. The van der Waals surface area contributed by atoms with Crippen LogP contribution >= 0.6 is 0 Å². The number of phenolic OH excluding ortho intramolecular Hbond substituents is 1. The molecule has 1 aromatic carbocycles. The van der Waals surface area contributed by atoms with Crippen LogP contribution in [-0.4, -0.2) is 20.0 Å². The Morgan fingerprint density at radius 3 is 2.20 bits per heavy atom. The van der Waals surface area contributed by atoms with E-state index < -0.39 is 8.32 Å². The zero-order valence-corrected chi connectivity index (χ0v) is 18.1. The number of rotatable bonds is 7. The fourth-order valence-electron chi connectivity index (χ4n) is 4.86. The molecule has 0 fully saturated rings. The lowest BCUT2D eigenvalue weighted by Crippen LogP contribution is -2.51. The standard InChI is InChI=1S/C21H36O3Si/c1-8-23-19-11-9-10-17-18(22)12-13-20(21(17)19)24-25(14(2)3,15(4)5)16(6)7/h12-16,19,22H,8-11H2,1-7H3. The van der Waals surface area contributed by atoms with Gasteiger partial charge in [0, 0.05) is 17.7 Å². The van der Waals surface area contributed by atoms with Crippen molar-refractivity contribution in [3.63, 3.8) is 0 Å². The van der Waals surface area contributed by atoms with E-state index in [1.165, 1.54) is 0 Å². The zero-order valence-electron chi connectivity index (χ0n) is 17.1. The minimum Gasteiger partial charge on any atom is -0.542 e. The van der Waals surface area contributed by atoms with E-state index in [2.05, 4.69) is 41.5 Å². The van der Waals surface area contributed by atoms with E-state index >= 15 is 0 Å². The third-order valence-corrected chi connectivity index (χ3v) is 11.9. The number of hydrogen-bond acceptors (Lipinski definition) is 3. The molecule has 1 N–H and O–H groups in total. The Labute approximate surface area is 154 Å². The maximum atomic E-state index is 10.4. The summed E-state index contributed by atoms with van der Waals surface area (Å²) in [5.41, 5.74) is 3.69. The normalized spacial score (nSPS) is 18.1. The van der Waals surface area contributed by atoms with E-state index in [1.54, 1.807) is 0 Å². The molecule has 0 saturated carbocycles. The summed E-state index contributed by atoms with van der Waals surface area (Å²) in [6.45, 7) is 16.5. The zero-order chi connectivity index (χ0) is 18.8. The Hall–Kier alpha value is -1.00. The molecule has 0 aromatic heterocycles. The fraction of sp³-hybridized carbons (Fsp3) is 0.714. The summed E-state index contributed by atoms with van der Waals surface area (Å²) in [5, 5.41) is 10.4. The van der Waals surface area contributed by atoms with Gasteiger partial charge in [0.15, 0.2) is 0 Å². The summed E-state index contributed by atoms with van der Waals surface area (Å²) < 4.78 is 13.0. The van der Waals surface area contributed by atoms with E-state index in [0.29, 0.717) is 29.0 Å². The highest BCUT2D eigenvalue weighted by molar-refractivity contribution is 6.78. The van der Waals surface area contributed by atoms with Crippen LogP contribution < -0.4 is 4.43 Å². The average Bonchev–Trinajstić information content (AvgIpc) is 2.54. The van der Waals surface area contributed by atoms with E-state index in [4.69, 9.17) is 9.16 Å². The molecular weight excluding hydrogens is 328 g/mol. The number of ether oxygens (including phenoxy) is 1. The van der Waals surface area contributed by atoms with Crippen molar-refractivity contribution in [2.24, 2.45) is 0 Å². The van der Waals surface area contributed by atoms with Gasteiger partial charge in [0.05, 0.1) is 6.10 Å². The summed E-state index contributed by atoms with van der Waals surface area (Å²) >= 11 is 0. The molecule has 1 aliphatic carbocycles. The van der Waals surface area contributed by atoms with E-state index in [1.807, 2.05) is 19.1 Å². The minimum absolute atomic E-state index is 0.0361. The van der Waals surface area contributed by atoms with Crippen molar-refractivity contribution in [3.05, 3.63) is 23.3 Å². The van der Waals surface area contributed by atoms with Crippen LogP contribution in [-0.2, 0) is 11.2 Å². The topological polar surface area (TPSA) is 38.7 Å². The van der Waals surface area contributed by atoms with Crippen LogP contribution in [0.25, 0.3) is 0 Å². The second-order valence-corrected chi connectivity index (χ2v) is 13.6. The third kappa shape index (κ3) is 3.75. The number of hydrogen-bond donors (Lipinski definition) is 1. The number of benzene rings is 1. The summed E-state index contributed by atoms with van der Waals surface area (Å²) in [5.74, 6) is 1.34. The maximum Gasteiger partial charge on any atom is 0.258 e. The highest BCUT2D eigenvalue weighted by atomic mass is 28.4. The predicted molar refractivity (Wildman–Crippen MR) is 107 cm³/mol. The summed E-state index contributed by atoms with van der Waals surface area (Å²) in [6, 6.07) is 3.78. The maximum absolute atomic E-state index is 10.4. The summed E-state index contributed by atoms with van der Waals surface area (Å²) in [4.78, 5) is 0. The third-order valence-electron chi connectivity index (χ3n) is 5.87. The van der Waals surface area contributed by atoms with Crippen LogP contribution in [0.1, 0.15) is 78.5 Å². The molecule has 25 heavy (non-hydrogen) atoms. The minimum atomic E-state index is -2.03. The molecule has 142 valence electrons. The molecule has 0 heterocycles. The molecule has 1 atom stereocenters. The van der Waals surface area contributed by atoms with Gasteiger partial charge in [-0.3, -0.25) is 0 Å². The molecule has 0 amide bonds. The van der Waals surface area contributed by atoms with E-state index in [0.717, 1.165) is 36.1 Å². The number of phenols is 1. The molecule has 1 aliphatic rings. The molecule has 1 aromatic rings. The van der Waals surface area contributed by atoms with E-state index in [9.17, 15) is 5.11 Å². The first-order valence-electron chi connectivity index (χ1n) is 9.90. The molecule has 4 heteroatoms. The lowest BCUT2D eigenvalue weighted by atomic mass is 9.88. The first-order valence-corrected chi connectivity index (χ1v) is 12.0. The quantitative estimate of drug-likeness (QED) is 0.572. The molecule has 3 nitrogen and oxygen atoms in total. The van der Waals surface area contributed by atoms with Crippen molar-refractivity contribution >= 4 is 8.32 Å². The van der Waals surface area contributed by atoms with Crippen LogP contribution in [0, 0.1) is 0 Å². The summed E-state index contributed by atoms with van der Waals surface area (Å²) in [7, 11) is -2.03. The largest absolute Gasteiger partial charge is 0.542 e. The van der Waals surface area contributed by atoms with Gasteiger partial charge in [0.1, 0.15) is 11.5 Å². The first-order chi connectivity index (χ1) is 11.8. The lowest BCUT2D eigenvalue weighted by molar-refractivity contribution is 0.0483. The highest BCUT2D eigenvalue weighted by Crippen LogP contribution is 2.48. The molecule has 0 radical (unpaired) electrons. The van der Waals surface area contributed by atoms with Gasteiger partial charge < -0.3 is 14.3 Å². The molecule has 2 rings (SSSR count). The van der Waals surface area contributed by atoms with Gasteiger partial charge in [-0.15, -0.1) is 0 Å². The van der Waals surface area contributed by atoms with Crippen molar-refractivity contribution in [3.8, 4) is 11.5 Å². The number of fused-ring (bicyclic) bond motifs is 1. The lowest BCUT2D eigenvalue weighted by Gasteiger charge is -2.43. The molecule has 0 saturated heterocycles. The first kappa shape index (κ1) is 20.3. The van der Waals surface area contributed by atoms with Gasteiger partial charge in [0.25, 0.3) is 8.32 Å². The van der Waals surface area contributed by atoms with Gasteiger partial charge in [-0.1, -0.05) is 41.5 Å². The second-order valence-electron chi connectivity index (χ2n) is 8.23. The van der Waals surface area contributed by atoms with Crippen molar-refractivity contribution in [2.75, 3.05) is 6.61 Å². The molecule has 0 aliphatic heterocycles. The van der Waals surface area contributed by atoms with Crippen LogP contribution in [0.3, 0.4) is 0 Å². The number of aromatic hydroxyl groups is 1. The SMILES string of the molecule is CCOC1CCCc2c(O)ccc(O[Si](C(C)C)(C(C)C)C(C)C)c21. The predicted octanol–water partition coefficient (Wildman–Crippen LogP) is 6.36. The van der Waals surface area contributed by atoms with Crippen LogP contribution in [0.5, 0.6) is 11.5 Å². The Bertz CT molecular complexity index is 559. The van der Waals surface area contributed by atoms with Crippen molar-refractivity contribution in [1.29, 1.82) is 0 Å². The molecular formula is C21H36O3Si. The van der Waals surface area contributed by atoms with Crippen LogP contribution in [0.15, 0.2) is 12.1 Å². The Morgan fingerprint density at radius 1 is 1.08 bits per heavy atom. The van der Waals surface area contributed by atoms with E-state index in [-0.39, 0.29) is 6.10 Å². The van der Waals surface area contributed by atoms with Crippen LogP contribution in [0.4, 0.5) is 0 Å². The van der Waals surface area contributed by atoms with Crippen molar-refractivity contribution in [1.82, 2.24) is 0 Å². The second kappa shape index (κ2) is 8.13. The molecule has 0 bridgehead atoms. The fourth-order valence-corrected chi connectivity index (χ4v) is 10.1. The van der Waals surface area contributed by atoms with Gasteiger partial charge in [0.2, 0.25) is 0 Å². The van der Waals surface area contributed by atoms with Crippen molar-refractivity contribution < 1.29 is 14.3 Å². The van der Waals surface area contributed by atoms with Gasteiger partial charge >= 0.3 is 0 Å². The Balaban J connectivity index is 2.55. The van der Waals surface area contributed by atoms with Crippen molar-refractivity contribution in [2.45, 2.75) is 90.5 Å². The monoisotopic (exact) mass is 364 g/mol. The van der Waals surface area contributed by atoms with Crippen LogP contribution in [0.2, 0.25) is 16.6 Å². The summed E-state index contributed by atoms with van der Waals surface area (Å²) in [6.07, 6.45) is 2.99. The Kier molecular flexibility index (Phi) is 6.60. The van der Waals surface area contributed by atoms with Gasteiger partial charge in [-0.05, 0) is 54.9 Å². The Morgan fingerprint density at radius 2 is 1.68 bits per heavy atom. The molecule has 0 spiro atoms. The smallest absolute Gasteiger partial charge is 0.258 e. The van der Waals surface area contributed by atoms with Gasteiger partial charge in [-0.25, -0.2) is 0 Å². The average molecular weight is 365 g/mol. The van der Waals surface area contributed by atoms with Gasteiger partial charge in [-0.2, -0.15) is 0 Å². The highest BCUT2D eigenvalue weighted by Gasteiger charge is 2.47.